The zero-order valence-electron chi connectivity index (χ0n) is 28.7. The van der Waals surface area contributed by atoms with Crippen LogP contribution < -0.4 is 0 Å². The van der Waals surface area contributed by atoms with Gasteiger partial charge in [-0.1, -0.05) is 121 Å². The van der Waals surface area contributed by atoms with E-state index in [1.165, 1.54) is 0 Å². The molecule has 0 spiro atoms. The van der Waals surface area contributed by atoms with Crippen molar-refractivity contribution in [1.29, 1.82) is 0 Å². The van der Waals surface area contributed by atoms with Gasteiger partial charge in [-0.25, -0.2) is 4.79 Å². The molecular formula is C41H42O11. The van der Waals surface area contributed by atoms with Crippen LogP contribution in [-0.2, 0) is 72.0 Å². The molecule has 5 fully saturated rings. The van der Waals surface area contributed by atoms with Gasteiger partial charge in [0.1, 0.15) is 36.6 Å². The second kappa shape index (κ2) is 16.3. The zero-order valence-corrected chi connectivity index (χ0v) is 28.7. The highest BCUT2D eigenvalue weighted by atomic mass is 16.8. The molecule has 1 unspecified atom stereocenters. The summed E-state index contributed by atoms with van der Waals surface area (Å²) in [6.07, 6.45) is -8.83. The predicted molar refractivity (Wildman–Crippen MR) is 184 cm³/mol. The minimum absolute atomic E-state index is 0.250. The van der Waals surface area contributed by atoms with Crippen molar-refractivity contribution in [3.05, 3.63) is 144 Å². The van der Waals surface area contributed by atoms with E-state index in [0.29, 0.717) is 0 Å². The Labute approximate surface area is 302 Å². The molecule has 272 valence electrons. The smallest absolute Gasteiger partial charge is 0.338 e. The van der Waals surface area contributed by atoms with Crippen molar-refractivity contribution in [1.82, 2.24) is 0 Å². The number of esters is 1. The molecule has 0 aromatic heterocycles. The Hall–Kier alpha value is -4.01. The number of rotatable bonds is 13. The van der Waals surface area contributed by atoms with Crippen molar-refractivity contribution in [2.45, 2.75) is 87.5 Å². The Balaban J connectivity index is 1.07. The molecule has 0 amide bonds. The van der Waals surface area contributed by atoms with Crippen molar-refractivity contribution in [2.24, 2.45) is 0 Å². The van der Waals surface area contributed by atoms with Crippen molar-refractivity contribution < 1.29 is 52.2 Å². The van der Waals surface area contributed by atoms with Crippen LogP contribution in [0.1, 0.15) is 28.5 Å². The van der Waals surface area contributed by atoms with Gasteiger partial charge in [-0.15, -0.1) is 0 Å². The van der Waals surface area contributed by atoms with Crippen LogP contribution in [0.25, 0.3) is 0 Å². The Morgan fingerprint density at radius 3 is 1.65 bits per heavy atom. The predicted octanol–water partition coefficient (Wildman–Crippen LogP) is 5.26. The first-order valence-electron chi connectivity index (χ1n) is 17.6. The lowest BCUT2D eigenvalue weighted by Crippen LogP contribution is -2.71. The summed E-state index contributed by atoms with van der Waals surface area (Å²) >= 11 is 0. The van der Waals surface area contributed by atoms with E-state index in [9.17, 15) is 4.79 Å². The Kier molecular flexibility index (Phi) is 11.0. The maximum atomic E-state index is 13.3. The first-order chi connectivity index (χ1) is 25.6. The van der Waals surface area contributed by atoms with Crippen LogP contribution in [0.3, 0.4) is 0 Å². The topological polar surface area (TPSA) is 109 Å². The quantitative estimate of drug-likeness (QED) is 0.170. The first kappa shape index (κ1) is 35.0. The van der Waals surface area contributed by atoms with E-state index in [1.807, 2.05) is 121 Å². The third kappa shape index (κ3) is 7.69. The summed E-state index contributed by atoms with van der Waals surface area (Å²) in [7, 11) is 1.54. The van der Waals surface area contributed by atoms with Crippen LogP contribution in [0.4, 0.5) is 0 Å². The van der Waals surface area contributed by atoms with Gasteiger partial charge in [0.2, 0.25) is 0 Å². The fourth-order valence-corrected chi connectivity index (χ4v) is 7.11. The minimum atomic E-state index is -1.11. The van der Waals surface area contributed by atoms with Crippen LogP contribution >= 0.6 is 0 Å². The highest BCUT2D eigenvalue weighted by molar-refractivity contribution is 5.77. The van der Waals surface area contributed by atoms with Gasteiger partial charge in [-0.2, -0.15) is 0 Å². The molecule has 4 aromatic rings. The van der Waals surface area contributed by atoms with Crippen molar-refractivity contribution >= 4 is 5.97 Å². The number of ether oxygens (including phenoxy) is 10. The third-order valence-corrected chi connectivity index (χ3v) is 9.71. The van der Waals surface area contributed by atoms with Crippen LogP contribution in [0, 0.1) is 0 Å². The molecular weight excluding hydrogens is 668 g/mol. The van der Waals surface area contributed by atoms with E-state index >= 15 is 0 Å². The molecule has 4 aromatic carbocycles. The molecule has 5 heterocycles. The van der Waals surface area contributed by atoms with E-state index in [2.05, 4.69) is 0 Å². The molecule has 9 rings (SSSR count). The van der Waals surface area contributed by atoms with Crippen LogP contribution in [-0.4, -0.2) is 81.1 Å². The van der Waals surface area contributed by atoms with Gasteiger partial charge in [-0.05, 0) is 16.7 Å². The average molecular weight is 711 g/mol. The lowest BCUT2D eigenvalue weighted by atomic mass is 9.93. The molecule has 5 aliphatic rings. The van der Waals surface area contributed by atoms with Gasteiger partial charge >= 0.3 is 5.97 Å². The summed E-state index contributed by atoms with van der Waals surface area (Å²) in [6.45, 7) is 1.04. The Bertz CT molecular complexity index is 1710. The number of methoxy groups -OCH3 is 1. The number of hydrogen-bond acceptors (Lipinski definition) is 11. The largest absolute Gasteiger partial charge is 0.452 e. The van der Waals surface area contributed by atoms with E-state index in [0.717, 1.165) is 22.3 Å². The molecule has 5 aliphatic heterocycles. The van der Waals surface area contributed by atoms with Gasteiger partial charge in [0.05, 0.1) is 26.4 Å². The number of fused-ring (bicyclic) bond motifs is 4. The maximum absolute atomic E-state index is 13.3. The SMILES string of the molecule is CO[C@H]1O[C@@H]2COC(c3ccccc3)O[C@H]2[C@H](OCc2ccccc2)[C@H]1O[C@@H]1O[C@@H]2C(=O)O[C@H]1[C@@H](OCc1ccccc1)[C@@H]2OCc1ccccc1. The van der Waals surface area contributed by atoms with E-state index in [4.69, 9.17) is 47.4 Å². The zero-order chi connectivity index (χ0) is 35.3. The highest BCUT2D eigenvalue weighted by Gasteiger charge is 2.61. The molecule has 5 saturated heterocycles. The lowest BCUT2D eigenvalue weighted by Gasteiger charge is -2.52. The normalized spacial score (nSPS) is 32.6. The summed E-state index contributed by atoms with van der Waals surface area (Å²) in [5, 5.41) is 0. The summed E-state index contributed by atoms with van der Waals surface area (Å²) in [5.74, 6) is -0.541. The summed E-state index contributed by atoms with van der Waals surface area (Å²) in [4.78, 5) is 13.3. The minimum Gasteiger partial charge on any atom is -0.452 e. The van der Waals surface area contributed by atoms with Gasteiger partial charge in [-0.3, -0.25) is 0 Å². The van der Waals surface area contributed by atoms with E-state index in [1.54, 1.807) is 7.11 Å². The number of carbonyl (C=O) groups excluding carboxylic acids is 1. The number of carbonyl (C=O) groups is 1. The molecule has 0 N–H and O–H groups in total. The first-order valence-corrected chi connectivity index (χ1v) is 17.6. The average Bonchev–Trinajstić information content (AvgIpc) is 3.20. The second-order valence-corrected chi connectivity index (χ2v) is 13.2. The lowest BCUT2D eigenvalue weighted by molar-refractivity contribution is -0.403. The van der Waals surface area contributed by atoms with Crippen molar-refractivity contribution in [3.63, 3.8) is 0 Å². The molecule has 52 heavy (non-hydrogen) atoms. The number of benzene rings is 4. The Morgan fingerprint density at radius 2 is 1.10 bits per heavy atom. The van der Waals surface area contributed by atoms with Crippen LogP contribution in [0.15, 0.2) is 121 Å². The second-order valence-electron chi connectivity index (χ2n) is 13.2. The molecule has 0 radical (unpaired) electrons. The highest BCUT2D eigenvalue weighted by Crippen LogP contribution is 2.41. The van der Waals surface area contributed by atoms with Gasteiger partial charge in [0, 0.05) is 12.7 Å². The van der Waals surface area contributed by atoms with Gasteiger partial charge in [0.15, 0.2) is 31.1 Å². The standard InChI is InChI=1S/C41H42O11/c1-43-40-36(32(44-22-26-14-6-2-7-15-26)31-30(48-40)25-47-39(50-31)29-20-12-5-13-21-29)52-41-37-34(46-24-28-18-10-4-11-19-28)33(35(51-41)38(42)49-37)45-23-27-16-8-3-9-17-27/h2-21,30-37,39-41H,22-25H2,1H3/t30-,31-,32+,33+,34+,35+,36-,37+,39?,40+,41+/m1/s1. The molecule has 0 saturated carbocycles. The third-order valence-electron chi connectivity index (χ3n) is 9.71. The summed E-state index contributed by atoms with van der Waals surface area (Å²) in [6, 6.07) is 39.1. The fourth-order valence-electron chi connectivity index (χ4n) is 7.11. The molecule has 11 nitrogen and oxygen atoms in total. The molecule has 11 atom stereocenters. The van der Waals surface area contributed by atoms with Gasteiger partial charge in [0.25, 0.3) is 0 Å². The van der Waals surface area contributed by atoms with Crippen molar-refractivity contribution in [2.75, 3.05) is 13.7 Å². The van der Waals surface area contributed by atoms with E-state index in [-0.39, 0.29) is 26.4 Å². The van der Waals surface area contributed by atoms with Crippen LogP contribution in [0.2, 0.25) is 0 Å². The van der Waals surface area contributed by atoms with E-state index < -0.39 is 73.7 Å². The molecule has 11 heteroatoms. The van der Waals surface area contributed by atoms with Gasteiger partial charge < -0.3 is 47.4 Å². The summed E-state index contributed by atoms with van der Waals surface area (Å²) < 4.78 is 63.6. The monoisotopic (exact) mass is 710 g/mol. The van der Waals surface area contributed by atoms with Crippen molar-refractivity contribution in [3.8, 4) is 0 Å². The molecule has 0 aliphatic carbocycles. The Morgan fingerprint density at radius 1 is 0.577 bits per heavy atom. The maximum Gasteiger partial charge on any atom is 0.338 e. The van der Waals surface area contributed by atoms with Crippen LogP contribution in [0.5, 0.6) is 0 Å². The number of hydrogen-bond donors (Lipinski definition) is 0. The molecule has 2 bridgehead atoms. The fraction of sp³-hybridized carbons (Fsp3) is 0.390. The summed E-state index contributed by atoms with van der Waals surface area (Å²) in [5.41, 5.74) is 3.75.